The second-order valence-electron chi connectivity index (χ2n) is 3.85. The molecule has 1 aromatic carbocycles. The van der Waals surface area contributed by atoms with Gasteiger partial charge in [-0.1, -0.05) is 0 Å². The molecular formula is C13H8F3N3O. The van der Waals surface area contributed by atoms with E-state index in [1.165, 1.54) is 24.3 Å². The number of nitrogens with zero attached hydrogens (tertiary/aromatic N) is 2. The van der Waals surface area contributed by atoms with Crippen LogP contribution < -0.4 is 10.5 Å². The van der Waals surface area contributed by atoms with Gasteiger partial charge in [0.2, 0.25) is 5.88 Å². The summed E-state index contributed by atoms with van der Waals surface area (Å²) in [5, 5.41) is 8.64. The van der Waals surface area contributed by atoms with E-state index in [1.54, 1.807) is 0 Å². The number of hydrogen-bond acceptors (Lipinski definition) is 4. The smallest absolute Gasteiger partial charge is 0.416 e. The van der Waals surface area contributed by atoms with E-state index in [4.69, 9.17) is 15.7 Å². The first-order chi connectivity index (χ1) is 9.38. The lowest BCUT2D eigenvalue weighted by molar-refractivity contribution is -0.137. The van der Waals surface area contributed by atoms with Gasteiger partial charge < -0.3 is 10.5 Å². The van der Waals surface area contributed by atoms with Crippen molar-refractivity contribution in [2.45, 2.75) is 6.18 Å². The number of benzene rings is 1. The molecule has 0 aliphatic rings. The fourth-order valence-electron chi connectivity index (χ4n) is 1.46. The molecule has 0 saturated heterocycles. The molecule has 0 bridgehead atoms. The topological polar surface area (TPSA) is 71.9 Å². The summed E-state index contributed by atoms with van der Waals surface area (Å²) in [5.41, 5.74) is 4.80. The lowest BCUT2D eigenvalue weighted by atomic mass is 10.2. The van der Waals surface area contributed by atoms with Crippen molar-refractivity contribution < 1.29 is 17.9 Å². The molecule has 0 aliphatic heterocycles. The van der Waals surface area contributed by atoms with Gasteiger partial charge in [0.1, 0.15) is 11.6 Å². The van der Waals surface area contributed by atoms with Crippen molar-refractivity contribution in [1.82, 2.24) is 4.98 Å². The van der Waals surface area contributed by atoms with E-state index in [0.717, 1.165) is 12.1 Å². The number of nitrogens with two attached hydrogens (primary N) is 1. The summed E-state index contributed by atoms with van der Waals surface area (Å²) < 4.78 is 43.0. The van der Waals surface area contributed by atoms with Crippen LogP contribution in [0.25, 0.3) is 0 Å². The number of pyridine rings is 1. The molecule has 0 saturated carbocycles. The van der Waals surface area contributed by atoms with Gasteiger partial charge in [0.05, 0.1) is 17.2 Å². The molecule has 0 fully saturated rings. The molecule has 0 atom stereocenters. The van der Waals surface area contributed by atoms with Crippen molar-refractivity contribution in [2.75, 3.05) is 5.73 Å². The van der Waals surface area contributed by atoms with E-state index in [-0.39, 0.29) is 17.4 Å². The summed E-state index contributed by atoms with van der Waals surface area (Å²) in [6, 6.07) is 9.27. The Morgan fingerprint density at radius 2 is 1.80 bits per heavy atom. The fraction of sp³-hybridized carbons (Fsp3) is 0.0769. The summed E-state index contributed by atoms with van der Waals surface area (Å²) in [7, 11) is 0. The van der Waals surface area contributed by atoms with Crippen LogP contribution in [0.2, 0.25) is 0 Å². The quantitative estimate of drug-likeness (QED) is 0.915. The molecule has 0 radical (unpaired) electrons. The van der Waals surface area contributed by atoms with E-state index >= 15 is 0 Å². The van der Waals surface area contributed by atoms with Gasteiger partial charge in [0, 0.05) is 6.07 Å². The number of halogens is 3. The maximum Gasteiger partial charge on any atom is 0.416 e. The van der Waals surface area contributed by atoms with Gasteiger partial charge in [-0.15, -0.1) is 0 Å². The van der Waals surface area contributed by atoms with E-state index in [1.807, 2.05) is 6.07 Å². The van der Waals surface area contributed by atoms with Crippen LogP contribution in [0.5, 0.6) is 11.6 Å². The average Bonchev–Trinajstić information content (AvgIpc) is 2.38. The van der Waals surface area contributed by atoms with Gasteiger partial charge in [-0.2, -0.15) is 23.4 Å². The van der Waals surface area contributed by atoms with E-state index in [2.05, 4.69) is 4.98 Å². The summed E-state index contributed by atoms with van der Waals surface area (Å²) >= 11 is 0. The number of alkyl halides is 3. The normalized spacial score (nSPS) is 10.9. The molecule has 2 aromatic rings. The van der Waals surface area contributed by atoms with Crippen LogP contribution in [0.4, 0.5) is 19.0 Å². The Balaban J connectivity index is 2.29. The molecule has 1 aromatic heterocycles. The SMILES string of the molecule is N#Cc1ccc(Oc2cc(C(F)(F)F)cc(N)n2)cc1. The molecule has 102 valence electrons. The third-order valence-electron chi connectivity index (χ3n) is 2.35. The summed E-state index contributed by atoms with van der Waals surface area (Å²) in [5.74, 6) is -0.291. The molecule has 0 unspecified atom stereocenters. The first kappa shape index (κ1) is 13.7. The molecule has 0 aliphatic carbocycles. The third kappa shape index (κ3) is 3.17. The first-order valence-electron chi connectivity index (χ1n) is 5.41. The van der Waals surface area contributed by atoms with E-state index in [9.17, 15) is 13.2 Å². The number of rotatable bonds is 2. The Hall–Kier alpha value is -2.75. The van der Waals surface area contributed by atoms with Crippen molar-refractivity contribution in [1.29, 1.82) is 5.26 Å². The maximum absolute atomic E-state index is 12.6. The Bertz CT molecular complexity index is 660. The van der Waals surface area contributed by atoms with Crippen molar-refractivity contribution >= 4 is 5.82 Å². The standard InChI is InChI=1S/C13H8F3N3O/c14-13(15,16)9-5-11(18)19-12(6-9)20-10-3-1-8(7-17)2-4-10/h1-6H,(H2,18,19). The predicted octanol–water partition coefficient (Wildman–Crippen LogP) is 3.35. The first-order valence-corrected chi connectivity index (χ1v) is 5.41. The average molecular weight is 279 g/mol. The van der Waals surface area contributed by atoms with Crippen LogP contribution >= 0.6 is 0 Å². The Morgan fingerprint density at radius 1 is 1.15 bits per heavy atom. The van der Waals surface area contributed by atoms with Gasteiger partial charge in [0.25, 0.3) is 0 Å². The van der Waals surface area contributed by atoms with Gasteiger partial charge in [0.15, 0.2) is 0 Å². The monoisotopic (exact) mass is 279 g/mol. The van der Waals surface area contributed by atoms with Crippen LogP contribution in [-0.4, -0.2) is 4.98 Å². The van der Waals surface area contributed by atoms with Crippen LogP contribution in [0.1, 0.15) is 11.1 Å². The second kappa shape index (κ2) is 5.09. The van der Waals surface area contributed by atoms with Crippen LogP contribution in [0.3, 0.4) is 0 Å². The Kier molecular flexibility index (Phi) is 3.48. The molecule has 4 nitrogen and oxygen atoms in total. The maximum atomic E-state index is 12.6. The minimum absolute atomic E-state index is 0.259. The van der Waals surface area contributed by atoms with Crippen molar-refractivity contribution in [2.24, 2.45) is 0 Å². The van der Waals surface area contributed by atoms with Gasteiger partial charge >= 0.3 is 6.18 Å². The molecule has 20 heavy (non-hydrogen) atoms. The van der Waals surface area contributed by atoms with E-state index < -0.39 is 11.7 Å². The van der Waals surface area contributed by atoms with Crippen LogP contribution in [-0.2, 0) is 6.18 Å². The summed E-state index contributed by atoms with van der Waals surface area (Å²) in [6.07, 6.45) is -4.53. The van der Waals surface area contributed by atoms with Crippen molar-refractivity contribution in [3.63, 3.8) is 0 Å². The molecule has 7 heteroatoms. The molecule has 2 N–H and O–H groups in total. The Labute approximate surface area is 112 Å². The highest BCUT2D eigenvalue weighted by Gasteiger charge is 2.31. The van der Waals surface area contributed by atoms with Crippen molar-refractivity contribution in [3.8, 4) is 17.7 Å². The lowest BCUT2D eigenvalue weighted by Gasteiger charge is -2.10. The minimum atomic E-state index is -4.53. The van der Waals surface area contributed by atoms with Gasteiger partial charge in [-0.25, -0.2) is 0 Å². The summed E-state index contributed by atoms with van der Waals surface area (Å²) in [6.45, 7) is 0. The highest BCUT2D eigenvalue weighted by molar-refractivity contribution is 5.41. The molecule has 0 amide bonds. The number of anilines is 1. The number of nitrogen functional groups attached to an aromatic ring is 1. The zero-order valence-corrected chi connectivity index (χ0v) is 9.98. The highest BCUT2D eigenvalue weighted by Crippen LogP contribution is 2.33. The lowest BCUT2D eigenvalue weighted by Crippen LogP contribution is -2.07. The number of ether oxygens (including phenoxy) is 1. The molecule has 2 rings (SSSR count). The fourth-order valence-corrected chi connectivity index (χ4v) is 1.46. The van der Waals surface area contributed by atoms with Crippen LogP contribution in [0, 0.1) is 11.3 Å². The zero-order chi connectivity index (χ0) is 14.8. The Morgan fingerprint density at radius 3 is 2.35 bits per heavy atom. The molecule has 1 heterocycles. The highest BCUT2D eigenvalue weighted by atomic mass is 19.4. The van der Waals surface area contributed by atoms with Gasteiger partial charge in [-0.3, -0.25) is 0 Å². The van der Waals surface area contributed by atoms with Crippen LogP contribution in [0.15, 0.2) is 36.4 Å². The molecular weight excluding hydrogens is 271 g/mol. The number of hydrogen-bond donors (Lipinski definition) is 1. The zero-order valence-electron chi connectivity index (χ0n) is 9.98. The molecule has 0 spiro atoms. The largest absolute Gasteiger partial charge is 0.439 e. The number of aromatic nitrogens is 1. The van der Waals surface area contributed by atoms with Crippen molar-refractivity contribution in [3.05, 3.63) is 47.5 Å². The second-order valence-corrected chi connectivity index (χ2v) is 3.85. The third-order valence-corrected chi connectivity index (χ3v) is 2.35. The number of nitriles is 1. The summed E-state index contributed by atoms with van der Waals surface area (Å²) in [4.78, 5) is 3.68. The van der Waals surface area contributed by atoms with Gasteiger partial charge in [-0.05, 0) is 30.3 Å². The van der Waals surface area contributed by atoms with E-state index in [0.29, 0.717) is 5.56 Å². The predicted molar refractivity (Wildman–Crippen MR) is 64.9 cm³/mol. The minimum Gasteiger partial charge on any atom is -0.439 e.